The molecule has 0 radical (unpaired) electrons. The van der Waals surface area contributed by atoms with E-state index in [2.05, 4.69) is 0 Å². The molecule has 0 aromatic carbocycles. The van der Waals surface area contributed by atoms with Gasteiger partial charge in [-0.1, -0.05) is 6.42 Å². The summed E-state index contributed by atoms with van der Waals surface area (Å²) in [6.07, 6.45) is 4.73. The van der Waals surface area contributed by atoms with E-state index in [1.54, 1.807) is 6.92 Å². The first-order valence-corrected chi connectivity index (χ1v) is 4.84. The Bertz CT molecular complexity index is 212. The minimum atomic E-state index is -0.209. The topological polar surface area (TPSA) is 37.3 Å². The van der Waals surface area contributed by atoms with Crippen LogP contribution in [0.3, 0.4) is 0 Å². The van der Waals surface area contributed by atoms with Gasteiger partial charge < -0.3 is 5.11 Å². The lowest BCUT2D eigenvalue weighted by Crippen LogP contribution is -2.28. The summed E-state index contributed by atoms with van der Waals surface area (Å²) in [7, 11) is 0. The van der Waals surface area contributed by atoms with E-state index in [4.69, 9.17) is 0 Å². The lowest BCUT2D eigenvalue weighted by Gasteiger charge is -2.25. The molecule has 0 aromatic heterocycles. The predicted molar refractivity (Wildman–Crippen MR) is 45.7 cm³/mol. The number of aliphatic hydroxyl groups is 1. The van der Waals surface area contributed by atoms with Gasteiger partial charge >= 0.3 is 0 Å². The van der Waals surface area contributed by atoms with Gasteiger partial charge in [-0.15, -0.1) is 0 Å². The van der Waals surface area contributed by atoms with Crippen LogP contribution in [0, 0.1) is 11.3 Å². The van der Waals surface area contributed by atoms with Crippen LogP contribution in [0.4, 0.5) is 0 Å². The van der Waals surface area contributed by atoms with E-state index < -0.39 is 0 Å². The number of aliphatic hydroxyl groups excluding tert-OH is 1. The molecule has 2 rings (SSSR count). The smallest absolute Gasteiger partial charge is 0.136 e. The molecular weight excluding hydrogens is 152 g/mol. The van der Waals surface area contributed by atoms with Gasteiger partial charge in [0.1, 0.15) is 5.78 Å². The third kappa shape index (κ3) is 0.939. The fourth-order valence-electron chi connectivity index (χ4n) is 3.20. The lowest BCUT2D eigenvalue weighted by molar-refractivity contribution is -0.127. The van der Waals surface area contributed by atoms with Crippen LogP contribution in [0.2, 0.25) is 0 Å². The summed E-state index contributed by atoms with van der Waals surface area (Å²) >= 11 is 0. The number of hydrogen-bond acceptors (Lipinski definition) is 2. The zero-order valence-corrected chi connectivity index (χ0v) is 7.55. The first-order chi connectivity index (χ1) is 5.65. The van der Waals surface area contributed by atoms with Crippen molar-refractivity contribution in [3.8, 4) is 0 Å². The van der Waals surface area contributed by atoms with Crippen LogP contribution in [0.5, 0.6) is 0 Å². The van der Waals surface area contributed by atoms with Crippen molar-refractivity contribution in [1.82, 2.24) is 0 Å². The van der Waals surface area contributed by atoms with Gasteiger partial charge in [0.05, 0.1) is 6.10 Å². The molecule has 0 unspecified atom stereocenters. The average Bonchev–Trinajstić information content (AvgIpc) is 2.42. The molecule has 2 saturated carbocycles. The van der Waals surface area contributed by atoms with Gasteiger partial charge in [-0.3, -0.25) is 4.79 Å². The minimum absolute atomic E-state index is 0.112. The van der Waals surface area contributed by atoms with E-state index >= 15 is 0 Å². The fraction of sp³-hybridized carbons (Fsp3) is 0.900. The molecule has 0 bridgehead atoms. The SMILES string of the molecule is CC(=O)[C@]12CCC[C@H]1C[C@@H](O)C2. The van der Waals surface area contributed by atoms with Gasteiger partial charge in [-0.2, -0.15) is 0 Å². The normalized spacial score (nSPS) is 46.2. The highest BCUT2D eigenvalue weighted by Gasteiger charge is 2.52. The molecule has 0 amide bonds. The zero-order valence-electron chi connectivity index (χ0n) is 7.55. The number of carbonyl (C=O) groups excluding carboxylic acids is 1. The van der Waals surface area contributed by atoms with Crippen molar-refractivity contribution in [2.45, 2.75) is 45.1 Å². The Hall–Kier alpha value is -0.370. The van der Waals surface area contributed by atoms with Crippen LogP contribution in [0.25, 0.3) is 0 Å². The van der Waals surface area contributed by atoms with Gasteiger partial charge in [0.25, 0.3) is 0 Å². The lowest BCUT2D eigenvalue weighted by atomic mass is 9.77. The molecule has 2 aliphatic carbocycles. The van der Waals surface area contributed by atoms with Gasteiger partial charge in [-0.05, 0) is 38.5 Å². The average molecular weight is 168 g/mol. The van der Waals surface area contributed by atoms with Crippen molar-refractivity contribution in [2.75, 3.05) is 0 Å². The Kier molecular flexibility index (Phi) is 1.76. The van der Waals surface area contributed by atoms with Crippen molar-refractivity contribution in [3.63, 3.8) is 0 Å². The van der Waals surface area contributed by atoms with Gasteiger partial charge in [0, 0.05) is 5.41 Å². The Morgan fingerprint density at radius 2 is 2.33 bits per heavy atom. The summed E-state index contributed by atoms with van der Waals surface area (Å²) in [5.74, 6) is 0.798. The molecule has 0 heterocycles. The van der Waals surface area contributed by atoms with E-state index in [0.717, 1.165) is 25.7 Å². The summed E-state index contributed by atoms with van der Waals surface area (Å²) < 4.78 is 0. The Morgan fingerprint density at radius 1 is 1.58 bits per heavy atom. The predicted octanol–water partition coefficient (Wildman–Crippen LogP) is 1.52. The number of carbonyl (C=O) groups is 1. The number of ketones is 1. The molecular formula is C10H16O2. The van der Waals surface area contributed by atoms with Crippen LogP contribution in [-0.4, -0.2) is 17.0 Å². The number of fused-ring (bicyclic) bond motifs is 1. The summed E-state index contributed by atoms with van der Waals surface area (Å²) in [5.41, 5.74) is -0.112. The van der Waals surface area contributed by atoms with Crippen LogP contribution in [0.1, 0.15) is 39.0 Å². The highest BCUT2D eigenvalue weighted by atomic mass is 16.3. The van der Waals surface area contributed by atoms with E-state index in [1.165, 1.54) is 6.42 Å². The van der Waals surface area contributed by atoms with Crippen molar-refractivity contribution in [3.05, 3.63) is 0 Å². The van der Waals surface area contributed by atoms with Crippen LogP contribution >= 0.6 is 0 Å². The Balaban J connectivity index is 2.26. The number of hydrogen-bond donors (Lipinski definition) is 1. The van der Waals surface area contributed by atoms with Crippen molar-refractivity contribution < 1.29 is 9.90 Å². The molecule has 68 valence electrons. The Morgan fingerprint density at radius 3 is 2.92 bits per heavy atom. The molecule has 0 aliphatic heterocycles. The first-order valence-electron chi connectivity index (χ1n) is 4.84. The van der Waals surface area contributed by atoms with Gasteiger partial charge in [0.15, 0.2) is 0 Å². The molecule has 0 aromatic rings. The zero-order chi connectivity index (χ0) is 8.77. The molecule has 2 aliphatic rings. The first kappa shape index (κ1) is 8.24. The third-order valence-corrected chi connectivity index (χ3v) is 3.81. The molecule has 3 atom stereocenters. The van der Waals surface area contributed by atoms with Crippen molar-refractivity contribution in [1.29, 1.82) is 0 Å². The van der Waals surface area contributed by atoms with Crippen molar-refractivity contribution >= 4 is 5.78 Å². The third-order valence-electron chi connectivity index (χ3n) is 3.81. The summed E-state index contributed by atoms with van der Waals surface area (Å²) in [4.78, 5) is 11.5. The Labute approximate surface area is 73.0 Å². The standard InChI is InChI=1S/C10H16O2/c1-7(11)10-4-2-3-8(10)5-9(12)6-10/h8-9,12H,2-6H2,1H3/t8-,9+,10+/m0/s1. The summed E-state index contributed by atoms with van der Waals surface area (Å²) in [6, 6.07) is 0. The van der Waals surface area contributed by atoms with Gasteiger partial charge in [-0.25, -0.2) is 0 Å². The largest absolute Gasteiger partial charge is 0.393 e. The van der Waals surface area contributed by atoms with E-state index in [-0.39, 0.29) is 11.5 Å². The van der Waals surface area contributed by atoms with Crippen molar-refractivity contribution in [2.24, 2.45) is 11.3 Å². The monoisotopic (exact) mass is 168 g/mol. The van der Waals surface area contributed by atoms with Gasteiger partial charge in [0.2, 0.25) is 0 Å². The number of Topliss-reactive ketones (excluding diaryl/α,β-unsaturated/α-hetero) is 1. The second kappa shape index (κ2) is 2.56. The van der Waals surface area contributed by atoms with E-state index in [9.17, 15) is 9.90 Å². The molecule has 12 heavy (non-hydrogen) atoms. The second-order valence-corrected chi connectivity index (χ2v) is 4.40. The highest BCUT2D eigenvalue weighted by molar-refractivity contribution is 5.83. The molecule has 0 spiro atoms. The maximum absolute atomic E-state index is 11.5. The minimum Gasteiger partial charge on any atom is -0.393 e. The fourth-order valence-corrected chi connectivity index (χ4v) is 3.20. The summed E-state index contributed by atoms with van der Waals surface area (Å²) in [5, 5.41) is 9.50. The number of rotatable bonds is 1. The van der Waals surface area contributed by atoms with E-state index in [1.807, 2.05) is 0 Å². The molecule has 1 N–H and O–H groups in total. The maximum Gasteiger partial charge on any atom is 0.136 e. The highest BCUT2D eigenvalue weighted by Crippen LogP contribution is 2.54. The van der Waals surface area contributed by atoms with Crippen LogP contribution in [0.15, 0.2) is 0 Å². The summed E-state index contributed by atoms with van der Waals surface area (Å²) in [6.45, 7) is 1.69. The maximum atomic E-state index is 11.5. The quantitative estimate of drug-likeness (QED) is 0.644. The molecule has 2 heteroatoms. The molecule has 2 nitrogen and oxygen atoms in total. The molecule has 0 saturated heterocycles. The molecule has 2 fully saturated rings. The second-order valence-electron chi connectivity index (χ2n) is 4.40. The van der Waals surface area contributed by atoms with Crippen LogP contribution < -0.4 is 0 Å². The van der Waals surface area contributed by atoms with E-state index in [0.29, 0.717) is 11.7 Å². The van der Waals surface area contributed by atoms with Crippen LogP contribution in [-0.2, 0) is 4.79 Å².